The number of nitrogens with zero attached hydrogens (tertiary/aromatic N) is 3. The van der Waals surface area contributed by atoms with Crippen LogP contribution in [0.4, 0.5) is 5.69 Å². The van der Waals surface area contributed by atoms with E-state index in [2.05, 4.69) is 5.43 Å². The number of hydrazine groups is 1. The van der Waals surface area contributed by atoms with Gasteiger partial charge < -0.3 is 0 Å². The van der Waals surface area contributed by atoms with E-state index in [0.717, 1.165) is 31.5 Å². The molecule has 1 saturated heterocycles. The van der Waals surface area contributed by atoms with Gasteiger partial charge in [-0.25, -0.2) is 5.01 Å². The van der Waals surface area contributed by atoms with E-state index in [4.69, 9.17) is 39.9 Å². The van der Waals surface area contributed by atoms with Gasteiger partial charge in [-0.1, -0.05) is 60.3 Å². The van der Waals surface area contributed by atoms with Gasteiger partial charge in [0.2, 0.25) is 0 Å². The van der Waals surface area contributed by atoms with Gasteiger partial charge in [-0.3, -0.25) is 15.2 Å². The predicted octanol–water partition coefficient (Wildman–Crippen LogP) is 5.72. The van der Waals surface area contributed by atoms with E-state index >= 15 is 0 Å². The topological polar surface area (TPSA) is 47.9 Å². The van der Waals surface area contributed by atoms with Gasteiger partial charge in [0.15, 0.2) is 0 Å². The molecule has 0 aromatic heterocycles. The molecule has 5 nitrogen and oxygen atoms in total. The Morgan fingerprint density at radius 1 is 1.00 bits per heavy atom. The van der Waals surface area contributed by atoms with Gasteiger partial charge in [0.05, 0.1) is 16.8 Å². The van der Waals surface area contributed by atoms with Gasteiger partial charge in [0.1, 0.15) is 5.71 Å². The van der Waals surface area contributed by atoms with E-state index < -0.39 is 0 Å². The number of hydrazone groups is 1. The van der Waals surface area contributed by atoms with Crippen LogP contribution in [-0.4, -0.2) is 29.7 Å². The van der Waals surface area contributed by atoms with E-state index in [0.29, 0.717) is 26.5 Å². The average molecular weight is 466 g/mol. The molecule has 1 amide bonds. The Bertz CT molecular complexity index is 957. The number of nitrogens with one attached hydrogen (secondary N) is 1. The normalized spacial score (nSPS) is 22.1. The van der Waals surface area contributed by atoms with Crippen molar-refractivity contribution in [3.05, 3.63) is 63.1 Å². The standard InChI is InChI=1S/C22H23Cl3N4O/c1-14-20(22(30)27-28-11-3-2-4-12-28)26-29(19-10-9-17(24)13-18(19)25)21(14)15-5-7-16(23)8-6-15/h5-10,13-14,21H,2-4,11-12H2,1H3,(H,27,30)/t14?,21-/m1/s1. The van der Waals surface area contributed by atoms with E-state index in [1.807, 2.05) is 47.3 Å². The second-order valence-electron chi connectivity index (χ2n) is 7.70. The molecule has 158 valence electrons. The number of carbonyl (C=O) groups excluding carboxylic acids is 1. The predicted molar refractivity (Wildman–Crippen MR) is 123 cm³/mol. The Kier molecular flexibility index (Phi) is 6.54. The summed E-state index contributed by atoms with van der Waals surface area (Å²) in [6, 6.07) is 12.7. The molecular weight excluding hydrogens is 443 g/mol. The van der Waals surface area contributed by atoms with Crippen LogP contribution in [0.5, 0.6) is 0 Å². The number of rotatable bonds is 4. The smallest absolute Gasteiger partial charge is 0.282 e. The number of anilines is 1. The Hall–Kier alpha value is -1.79. The summed E-state index contributed by atoms with van der Waals surface area (Å²) in [5.74, 6) is -0.321. The van der Waals surface area contributed by atoms with Crippen LogP contribution in [0.25, 0.3) is 0 Å². The summed E-state index contributed by atoms with van der Waals surface area (Å²) in [4.78, 5) is 13.1. The first-order valence-electron chi connectivity index (χ1n) is 10.1. The van der Waals surface area contributed by atoms with E-state index in [1.54, 1.807) is 12.1 Å². The molecule has 2 aromatic carbocycles. The van der Waals surface area contributed by atoms with Crippen LogP contribution in [0.2, 0.25) is 15.1 Å². The zero-order chi connectivity index (χ0) is 21.3. The van der Waals surface area contributed by atoms with E-state index in [-0.39, 0.29) is 17.9 Å². The van der Waals surface area contributed by atoms with Gasteiger partial charge >= 0.3 is 0 Å². The first kappa shape index (κ1) is 21.4. The molecule has 0 bridgehead atoms. The quantitative estimate of drug-likeness (QED) is 0.628. The minimum absolute atomic E-state index is 0.150. The van der Waals surface area contributed by atoms with Crippen molar-refractivity contribution in [1.82, 2.24) is 10.4 Å². The molecule has 1 fully saturated rings. The second-order valence-corrected chi connectivity index (χ2v) is 8.98. The third-order valence-corrected chi connectivity index (χ3v) is 6.39. The summed E-state index contributed by atoms with van der Waals surface area (Å²) >= 11 is 18.7. The molecule has 0 saturated carbocycles. The summed E-state index contributed by atoms with van der Waals surface area (Å²) in [7, 11) is 0. The van der Waals surface area contributed by atoms with Crippen molar-refractivity contribution in [2.75, 3.05) is 18.1 Å². The highest BCUT2D eigenvalue weighted by molar-refractivity contribution is 6.41. The highest BCUT2D eigenvalue weighted by atomic mass is 35.5. The number of halogens is 3. The first-order chi connectivity index (χ1) is 14.4. The Morgan fingerprint density at radius 3 is 2.33 bits per heavy atom. The van der Waals surface area contributed by atoms with Gasteiger partial charge in [-0.05, 0) is 48.7 Å². The first-order valence-corrected chi connectivity index (χ1v) is 11.2. The van der Waals surface area contributed by atoms with Crippen molar-refractivity contribution < 1.29 is 4.79 Å². The summed E-state index contributed by atoms with van der Waals surface area (Å²) in [5.41, 5.74) is 5.21. The molecule has 8 heteroatoms. The molecule has 2 atom stereocenters. The molecule has 2 aliphatic rings. The lowest BCUT2D eigenvalue weighted by atomic mass is 9.91. The van der Waals surface area contributed by atoms with E-state index in [1.165, 1.54) is 6.42 Å². The average Bonchev–Trinajstić information content (AvgIpc) is 3.06. The minimum Gasteiger partial charge on any atom is -0.284 e. The number of carbonyl (C=O) groups is 1. The number of benzene rings is 2. The Morgan fingerprint density at radius 2 is 1.67 bits per heavy atom. The number of hydrogen-bond donors (Lipinski definition) is 1. The van der Waals surface area contributed by atoms with Crippen LogP contribution in [0.15, 0.2) is 47.6 Å². The minimum atomic E-state index is -0.192. The van der Waals surface area contributed by atoms with Crippen molar-refractivity contribution >= 4 is 52.1 Å². The van der Waals surface area contributed by atoms with Crippen molar-refractivity contribution in [1.29, 1.82) is 0 Å². The maximum atomic E-state index is 13.1. The van der Waals surface area contributed by atoms with Gasteiger partial charge in [-0.2, -0.15) is 5.10 Å². The molecule has 30 heavy (non-hydrogen) atoms. The largest absolute Gasteiger partial charge is 0.284 e. The van der Waals surface area contributed by atoms with E-state index in [9.17, 15) is 4.79 Å². The van der Waals surface area contributed by atoms with Crippen LogP contribution >= 0.6 is 34.8 Å². The number of hydrogen-bond acceptors (Lipinski definition) is 4. The zero-order valence-electron chi connectivity index (χ0n) is 16.6. The SMILES string of the molecule is CC1C(C(=O)NN2CCCCC2)=NN(c2ccc(Cl)cc2Cl)[C@H]1c1ccc(Cl)cc1. The molecule has 0 spiro atoms. The summed E-state index contributed by atoms with van der Waals surface area (Å²) in [6.07, 6.45) is 3.37. The van der Waals surface area contributed by atoms with Crippen LogP contribution < -0.4 is 10.4 Å². The Labute approximate surface area is 191 Å². The maximum absolute atomic E-state index is 13.1. The van der Waals surface area contributed by atoms with Crippen LogP contribution in [0.1, 0.15) is 37.8 Å². The molecule has 0 radical (unpaired) electrons. The summed E-state index contributed by atoms with van der Waals surface area (Å²) in [5, 5.41) is 10.2. The summed E-state index contributed by atoms with van der Waals surface area (Å²) in [6.45, 7) is 3.74. The van der Waals surface area contributed by atoms with Crippen LogP contribution in [-0.2, 0) is 4.79 Å². The maximum Gasteiger partial charge on any atom is 0.282 e. The van der Waals surface area contributed by atoms with Gasteiger partial charge in [0, 0.05) is 29.1 Å². The number of amides is 1. The highest BCUT2D eigenvalue weighted by Crippen LogP contribution is 2.42. The summed E-state index contributed by atoms with van der Waals surface area (Å²) < 4.78 is 0. The lowest BCUT2D eigenvalue weighted by molar-refractivity contribution is -0.120. The fourth-order valence-electron chi connectivity index (χ4n) is 4.05. The molecule has 0 aliphatic carbocycles. The van der Waals surface area contributed by atoms with Crippen molar-refractivity contribution in [3.8, 4) is 0 Å². The Balaban J connectivity index is 1.68. The second kappa shape index (κ2) is 9.15. The molecule has 1 N–H and O–H groups in total. The fourth-order valence-corrected chi connectivity index (χ4v) is 4.67. The molecule has 2 heterocycles. The molecule has 2 aliphatic heterocycles. The lowest BCUT2D eigenvalue weighted by Gasteiger charge is -2.28. The van der Waals surface area contributed by atoms with Gasteiger partial charge in [0.25, 0.3) is 5.91 Å². The fraction of sp³-hybridized carbons (Fsp3) is 0.364. The number of piperidine rings is 1. The monoisotopic (exact) mass is 464 g/mol. The highest BCUT2D eigenvalue weighted by Gasteiger charge is 2.40. The van der Waals surface area contributed by atoms with Crippen molar-refractivity contribution in [3.63, 3.8) is 0 Å². The van der Waals surface area contributed by atoms with Crippen molar-refractivity contribution in [2.45, 2.75) is 32.2 Å². The third kappa shape index (κ3) is 4.45. The van der Waals surface area contributed by atoms with Crippen LogP contribution in [0, 0.1) is 5.92 Å². The molecule has 2 aromatic rings. The third-order valence-electron chi connectivity index (χ3n) is 5.60. The zero-order valence-corrected chi connectivity index (χ0v) is 18.9. The lowest BCUT2D eigenvalue weighted by Crippen LogP contribution is -2.48. The molecule has 4 rings (SSSR count). The molecule has 1 unspecified atom stereocenters. The van der Waals surface area contributed by atoms with Gasteiger partial charge in [-0.15, -0.1) is 0 Å². The van der Waals surface area contributed by atoms with Crippen LogP contribution in [0.3, 0.4) is 0 Å². The molecular formula is C22H23Cl3N4O. The van der Waals surface area contributed by atoms with Crippen molar-refractivity contribution in [2.24, 2.45) is 11.0 Å².